The second-order valence-corrected chi connectivity index (χ2v) is 3.73. The molecule has 1 aromatic carbocycles. The van der Waals surface area contributed by atoms with Crippen molar-refractivity contribution in [1.82, 2.24) is 0 Å². The van der Waals surface area contributed by atoms with Gasteiger partial charge < -0.3 is 4.74 Å². The molecule has 15 heavy (non-hydrogen) atoms. The van der Waals surface area contributed by atoms with Crippen LogP contribution in [-0.2, 0) is 4.74 Å². The van der Waals surface area contributed by atoms with Crippen LogP contribution in [0.1, 0.15) is 29.8 Å². The summed E-state index contributed by atoms with van der Waals surface area (Å²) in [6, 6.07) is 7.56. The first-order chi connectivity index (χ1) is 7.16. The van der Waals surface area contributed by atoms with E-state index < -0.39 is 0 Å². The van der Waals surface area contributed by atoms with Crippen LogP contribution in [0.3, 0.4) is 0 Å². The maximum Gasteiger partial charge on any atom is 0.216 e. The largest absolute Gasteiger partial charge is 0.475 e. The fraction of sp³-hybridized carbons (Fsp3) is 0.333. The monoisotopic (exact) mass is 203 g/mol. The summed E-state index contributed by atoms with van der Waals surface area (Å²) >= 11 is 0. The summed E-state index contributed by atoms with van der Waals surface area (Å²) < 4.78 is 5.42. The van der Waals surface area contributed by atoms with Crippen molar-refractivity contribution in [2.24, 2.45) is 4.99 Å². The Morgan fingerprint density at radius 2 is 2.07 bits per heavy atom. The molecule has 2 rings (SSSR count). The molecule has 1 aromatic rings. The highest BCUT2D eigenvalue weighted by molar-refractivity contribution is 5.98. The number of carbonyl (C=O) groups excluding carboxylic acids is 1. The third-order valence-corrected chi connectivity index (χ3v) is 2.34. The van der Waals surface area contributed by atoms with E-state index in [9.17, 15) is 4.79 Å². The lowest BCUT2D eigenvalue weighted by Gasteiger charge is -2.01. The van der Waals surface area contributed by atoms with Gasteiger partial charge in [-0.1, -0.05) is 12.1 Å². The Hall–Kier alpha value is -1.64. The van der Waals surface area contributed by atoms with E-state index in [4.69, 9.17) is 4.74 Å². The fourth-order valence-corrected chi connectivity index (χ4v) is 1.48. The van der Waals surface area contributed by atoms with Gasteiger partial charge in [0.15, 0.2) is 5.78 Å². The first-order valence-electron chi connectivity index (χ1n) is 4.99. The van der Waals surface area contributed by atoms with E-state index in [1.807, 2.05) is 19.1 Å². The Labute approximate surface area is 88.8 Å². The van der Waals surface area contributed by atoms with Crippen LogP contribution in [0.25, 0.3) is 0 Å². The molecule has 0 bridgehead atoms. The Kier molecular flexibility index (Phi) is 2.54. The predicted octanol–water partition coefficient (Wildman–Crippen LogP) is 2.05. The Morgan fingerprint density at radius 1 is 1.40 bits per heavy atom. The number of aliphatic imine (C=N–C) groups is 1. The summed E-state index contributed by atoms with van der Waals surface area (Å²) in [7, 11) is 0. The van der Waals surface area contributed by atoms with Crippen molar-refractivity contribution >= 4 is 11.7 Å². The highest BCUT2D eigenvalue weighted by atomic mass is 16.5. The summed E-state index contributed by atoms with van der Waals surface area (Å²) in [5.74, 6) is 0.752. The van der Waals surface area contributed by atoms with Gasteiger partial charge in [0.05, 0.1) is 6.04 Å². The minimum atomic E-state index is 0.0733. The van der Waals surface area contributed by atoms with E-state index in [0.29, 0.717) is 18.1 Å². The van der Waals surface area contributed by atoms with E-state index in [1.165, 1.54) is 0 Å². The molecule has 1 aliphatic heterocycles. The molecule has 0 aromatic heterocycles. The average Bonchev–Trinajstić information content (AvgIpc) is 2.65. The number of hydrogen-bond donors (Lipinski definition) is 0. The van der Waals surface area contributed by atoms with Gasteiger partial charge in [0.2, 0.25) is 5.90 Å². The van der Waals surface area contributed by atoms with E-state index >= 15 is 0 Å². The maximum atomic E-state index is 11.1. The van der Waals surface area contributed by atoms with E-state index in [-0.39, 0.29) is 11.8 Å². The fourth-order valence-electron chi connectivity index (χ4n) is 1.48. The molecule has 0 radical (unpaired) electrons. The van der Waals surface area contributed by atoms with Gasteiger partial charge in [-0.2, -0.15) is 0 Å². The number of hydrogen-bond acceptors (Lipinski definition) is 3. The highest BCUT2D eigenvalue weighted by Gasteiger charge is 2.15. The van der Waals surface area contributed by atoms with Gasteiger partial charge in [-0.25, -0.2) is 4.99 Å². The number of ketones is 1. The molecule has 1 heterocycles. The van der Waals surface area contributed by atoms with Gasteiger partial charge in [-0.3, -0.25) is 4.79 Å². The zero-order chi connectivity index (χ0) is 10.8. The van der Waals surface area contributed by atoms with Gasteiger partial charge in [0.25, 0.3) is 0 Å². The van der Waals surface area contributed by atoms with Crippen LogP contribution < -0.4 is 0 Å². The van der Waals surface area contributed by atoms with Crippen LogP contribution in [0, 0.1) is 0 Å². The van der Waals surface area contributed by atoms with Crippen molar-refractivity contribution in [3.8, 4) is 0 Å². The third-order valence-electron chi connectivity index (χ3n) is 2.34. The van der Waals surface area contributed by atoms with Crippen LogP contribution >= 0.6 is 0 Å². The molecule has 0 aliphatic carbocycles. The average molecular weight is 203 g/mol. The lowest BCUT2D eigenvalue weighted by atomic mass is 10.1. The number of benzene rings is 1. The van der Waals surface area contributed by atoms with Gasteiger partial charge in [0.1, 0.15) is 6.61 Å². The van der Waals surface area contributed by atoms with Crippen LogP contribution in [0.2, 0.25) is 0 Å². The van der Waals surface area contributed by atoms with Crippen LogP contribution in [0.15, 0.2) is 29.3 Å². The molecule has 0 saturated heterocycles. The van der Waals surface area contributed by atoms with Crippen molar-refractivity contribution in [1.29, 1.82) is 0 Å². The standard InChI is InChI=1S/C12H13NO2/c1-8-7-15-12(13-8)11-5-3-10(4-6-11)9(2)14/h3-6,8H,7H2,1-2H3. The second-order valence-electron chi connectivity index (χ2n) is 3.73. The van der Waals surface area contributed by atoms with Crippen molar-refractivity contribution in [3.05, 3.63) is 35.4 Å². The highest BCUT2D eigenvalue weighted by Crippen LogP contribution is 2.12. The van der Waals surface area contributed by atoms with Crippen molar-refractivity contribution in [3.63, 3.8) is 0 Å². The first kappa shape index (κ1) is 9.90. The molecule has 0 saturated carbocycles. The van der Waals surface area contributed by atoms with E-state index in [2.05, 4.69) is 4.99 Å². The van der Waals surface area contributed by atoms with Crippen molar-refractivity contribution in [2.45, 2.75) is 19.9 Å². The van der Waals surface area contributed by atoms with Gasteiger partial charge >= 0.3 is 0 Å². The zero-order valence-electron chi connectivity index (χ0n) is 8.86. The topological polar surface area (TPSA) is 38.7 Å². The minimum Gasteiger partial charge on any atom is -0.475 e. The zero-order valence-corrected chi connectivity index (χ0v) is 8.86. The van der Waals surface area contributed by atoms with E-state index in [1.54, 1.807) is 19.1 Å². The summed E-state index contributed by atoms with van der Waals surface area (Å²) in [5.41, 5.74) is 1.65. The molecule has 1 atom stereocenters. The van der Waals surface area contributed by atoms with E-state index in [0.717, 1.165) is 5.56 Å². The predicted molar refractivity (Wildman–Crippen MR) is 58.4 cm³/mol. The molecule has 1 aliphatic rings. The number of ether oxygens (including phenoxy) is 1. The Morgan fingerprint density at radius 3 is 2.53 bits per heavy atom. The Bertz CT molecular complexity index is 406. The number of nitrogens with zero attached hydrogens (tertiary/aromatic N) is 1. The second kappa shape index (κ2) is 3.85. The molecule has 0 fully saturated rings. The first-order valence-corrected chi connectivity index (χ1v) is 4.99. The lowest BCUT2D eigenvalue weighted by Crippen LogP contribution is -2.02. The third kappa shape index (κ3) is 2.06. The molecular formula is C12H13NO2. The van der Waals surface area contributed by atoms with Crippen molar-refractivity contribution < 1.29 is 9.53 Å². The van der Waals surface area contributed by atoms with Gasteiger partial charge in [0, 0.05) is 11.1 Å². The summed E-state index contributed by atoms with van der Waals surface area (Å²) in [4.78, 5) is 15.4. The quantitative estimate of drug-likeness (QED) is 0.690. The molecule has 1 unspecified atom stereocenters. The van der Waals surface area contributed by atoms with Crippen LogP contribution in [0.4, 0.5) is 0 Å². The molecular weight excluding hydrogens is 190 g/mol. The maximum absolute atomic E-state index is 11.1. The Balaban J connectivity index is 2.24. The van der Waals surface area contributed by atoms with Gasteiger partial charge in [-0.15, -0.1) is 0 Å². The van der Waals surface area contributed by atoms with Crippen molar-refractivity contribution in [2.75, 3.05) is 6.61 Å². The van der Waals surface area contributed by atoms with Crippen LogP contribution in [0.5, 0.6) is 0 Å². The molecule has 3 nitrogen and oxygen atoms in total. The molecule has 78 valence electrons. The van der Waals surface area contributed by atoms with Crippen LogP contribution in [-0.4, -0.2) is 24.3 Å². The lowest BCUT2D eigenvalue weighted by molar-refractivity contribution is 0.101. The summed E-state index contributed by atoms with van der Waals surface area (Å²) in [6.07, 6.45) is 0. The number of carbonyl (C=O) groups is 1. The molecule has 0 amide bonds. The normalized spacial score (nSPS) is 19.6. The minimum absolute atomic E-state index is 0.0733. The summed E-state index contributed by atoms with van der Waals surface area (Å²) in [5, 5.41) is 0. The summed E-state index contributed by atoms with van der Waals surface area (Å²) in [6.45, 7) is 4.21. The number of rotatable bonds is 2. The van der Waals surface area contributed by atoms with Gasteiger partial charge in [-0.05, 0) is 26.0 Å². The molecule has 0 spiro atoms. The number of Topliss-reactive ketones (excluding diaryl/α,β-unsaturated/α-hetero) is 1. The molecule has 0 N–H and O–H groups in total. The smallest absolute Gasteiger partial charge is 0.216 e. The SMILES string of the molecule is CC(=O)c1ccc(C2=NC(C)CO2)cc1. The molecule has 3 heteroatoms.